The summed E-state index contributed by atoms with van der Waals surface area (Å²) in [7, 11) is 0. The summed E-state index contributed by atoms with van der Waals surface area (Å²) < 4.78 is 4.90. The lowest BCUT2D eigenvalue weighted by molar-refractivity contribution is 0.0525. The van der Waals surface area contributed by atoms with Crippen LogP contribution in [-0.4, -0.2) is 12.6 Å². The van der Waals surface area contributed by atoms with Crippen LogP contribution in [0.25, 0.3) is 0 Å². The van der Waals surface area contributed by atoms with Gasteiger partial charge >= 0.3 is 5.97 Å². The van der Waals surface area contributed by atoms with Crippen molar-refractivity contribution in [1.29, 1.82) is 5.26 Å². The Hall–Kier alpha value is -1.05. The minimum absolute atomic E-state index is 0.243. The second kappa shape index (κ2) is 5.88. The van der Waals surface area contributed by atoms with Gasteiger partial charge in [-0.1, -0.05) is 27.5 Å². The van der Waals surface area contributed by atoms with Crippen molar-refractivity contribution in [3.05, 3.63) is 33.8 Å². The van der Waals surface area contributed by atoms with Gasteiger partial charge in [-0.3, -0.25) is 0 Å². The molecule has 0 saturated carbocycles. The smallest absolute Gasteiger partial charge is 0.339 e. The topological polar surface area (TPSA) is 50.1 Å². The first-order chi connectivity index (χ1) is 7.63. The average Bonchev–Trinajstić information content (AvgIpc) is 2.27. The molecule has 0 amide bonds. The van der Waals surface area contributed by atoms with Gasteiger partial charge in [-0.15, -0.1) is 0 Å². The molecule has 0 radical (unpaired) electrons. The van der Waals surface area contributed by atoms with Crippen molar-refractivity contribution in [3.63, 3.8) is 0 Å². The minimum atomic E-state index is -0.466. The highest BCUT2D eigenvalue weighted by molar-refractivity contribution is 9.08. The molecule has 0 heterocycles. The van der Waals surface area contributed by atoms with Crippen LogP contribution < -0.4 is 0 Å². The van der Waals surface area contributed by atoms with Crippen LogP contribution in [-0.2, 0) is 10.1 Å². The number of nitrogens with zero attached hydrogens (tertiary/aromatic N) is 1. The first kappa shape index (κ1) is 13.0. The number of carbonyl (C=O) groups is 1. The molecule has 1 aromatic carbocycles. The van der Waals surface area contributed by atoms with E-state index in [1.165, 1.54) is 6.07 Å². The lowest BCUT2D eigenvalue weighted by Gasteiger charge is -2.09. The highest BCUT2D eigenvalue weighted by atomic mass is 79.9. The van der Waals surface area contributed by atoms with Crippen LogP contribution >= 0.6 is 27.5 Å². The maximum absolute atomic E-state index is 11.6. The van der Waals surface area contributed by atoms with Gasteiger partial charge in [0.05, 0.1) is 28.8 Å². The third-order valence-electron chi connectivity index (χ3n) is 1.92. The van der Waals surface area contributed by atoms with Gasteiger partial charge < -0.3 is 4.74 Å². The summed E-state index contributed by atoms with van der Waals surface area (Å²) in [6.45, 7) is 2.01. The lowest BCUT2D eigenvalue weighted by Crippen LogP contribution is -2.08. The van der Waals surface area contributed by atoms with E-state index in [-0.39, 0.29) is 11.6 Å². The van der Waals surface area contributed by atoms with Crippen molar-refractivity contribution < 1.29 is 9.53 Å². The van der Waals surface area contributed by atoms with E-state index in [1.54, 1.807) is 13.0 Å². The Morgan fingerprint density at radius 1 is 1.62 bits per heavy atom. The van der Waals surface area contributed by atoms with E-state index in [0.717, 1.165) is 0 Å². The molecule has 84 valence electrons. The lowest BCUT2D eigenvalue weighted by atomic mass is 10.1. The molecule has 0 aliphatic rings. The molecule has 0 bridgehead atoms. The number of esters is 1. The van der Waals surface area contributed by atoms with Crippen LogP contribution in [0.4, 0.5) is 0 Å². The predicted molar refractivity (Wildman–Crippen MR) is 64.8 cm³/mol. The Bertz CT molecular complexity index is 454. The number of alkyl halides is 1. The third-order valence-corrected chi connectivity index (χ3v) is 2.83. The number of nitriles is 1. The van der Waals surface area contributed by atoms with Gasteiger partial charge in [0.1, 0.15) is 0 Å². The molecule has 0 unspecified atom stereocenters. The Labute approximate surface area is 107 Å². The third kappa shape index (κ3) is 2.75. The van der Waals surface area contributed by atoms with E-state index >= 15 is 0 Å². The monoisotopic (exact) mass is 301 g/mol. The Kier molecular flexibility index (Phi) is 4.78. The summed E-state index contributed by atoms with van der Waals surface area (Å²) in [5.74, 6) is -0.466. The zero-order valence-electron chi connectivity index (χ0n) is 8.59. The molecule has 0 N–H and O–H groups in total. The molecule has 0 aliphatic carbocycles. The van der Waals surface area contributed by atoms with Gasteiger partial charge in [-0.05, 0) is 24.6 Å². The second-order valence-corrected chi connectivity index (χ2v) is 3.93. The summed E-state index contributed by atoms with van der Waals surface area (Å²) in [6.07, 6.45) is 0. The van der Waals surface area contributed by atoms with Gasteiger partial charge in [0.15, 0.2) is 0 Å². The summed E-state index contributed by atoms with van der Waals surface area (Å²) >= 11 is 9.20. The zero-order chi connectivity index (χ0) is 12.1. The van der Waals surface area contributed by atoms with Crippen LogP contribution in [0.2, 0.25) is 5.02 Å². The van der Waals surface area contributed by atoms with E-state index in [4.69, 9.17) is 21.6 Å². The van der Waals surface area contributed by atoms with Crippen molar-refractivity contribution in [2.75, 3.05) is 6.61 Å². The number of rotatable bonds is 3. The molecule has 16 heavy (non-hydrogen) atoms. The molecule has 0 aromatic heterocycles. The number of carbonyl (C=O) groups excluding carboxylic acids is 1. The van der Waals surface area contributed by atoms with Gasteiger partial charge in [0, 0.05) is 5.33 Å². The number of halogens is 2. The van der Waals surface area contributed by atoms with Gasteiger partial charge in [0.2, 0.25) is 0 Å². The Morgan fingerprint density at radius 3 is 2.81 bits per heavy atom. The number of benzene rings is 1. The number of ether oxygens (including phenoxy) is 1. The molecule has 1 aromatic rings. The van der Waals surface area contributed by atoms with E-state index in [0.29, 0.717) is 22.0 Å². The van der Waals surface area contributed by atoms with Gasteiger partial charge in [-0.2, -0.15) is 5.26 Å². The van der Waals surface area contributed by atoms with Crippen molar-refractivity contribution in [2.24, 2.45) is 0 Å². The van der Waals surface area contributed by atoms with Crippen molar-refractivity contribution in [2.45, 2.75) is 12.3 Å². The van der Waals surface area contributed by atoms with Crippen molar-refractivity contribution >= 4 is 33.5 Å². The van der Waals surface area contributed by atoms with Gasteiger partial charge in [-0.25, -0.2) is 4.79 Å². The normalized spacial score (nSPS) is 9.62. The standard InChI is InChI=1S/C11H9BrClNO2/c1-2-16-11(15)10-8(5-12)3-7(6-14)4-9(10)13/h3-4H,2,5H2,1H3. The van der Waals surface area contributed by atoms with Crippen LogP contribution in [0.1, 0.15) is 28.4 Å². The molecular weight excluding hydrogens is 293 g/mol. The summed E-state index contributed by atoms with van der Waals surface area (Å²) in [5.41, 5.74) is 1.40. The molecule has 0 saturated heterocycles. The summed E-state index contributed by atoms with van der Waals surface area (Å²) in [5, 5.41) is 9.46. The largest absolute Gasteiger partial charge is 0.462 e. The highest BCUT2D eigenvalue weighted by Gasteiger charge is 2.17. The highest BCUT2D eigenvalue weighted by Crippen LogP contribution is 2.25. The predicted octanol–water partition coefficient (Wildman–Crippen LogP) is 3.28. The maximum atomic E-state index is 11.6. The van der Waals surface area contributed by atoms with Crippen LogP contribution in [0, 0.1) is 11.3 Å². The fourth-order valence-electron chi connectivity index (χ4n) is 1.27. The first-order valence-electron chi connectivity index (χ1n) is 4.59. The molecule has 0 aliphatic heterocycles. The fraction of sp³-hybridized carbons (Fsp3) is 0.273. The zero-order valence-corrected chi connectivity index (χ0v) is 10.9. The molecular formula is C11H9BrClNO2. The second-order valence-electron chi connectivity index (χ2n) is 2.96. The quantitative estimate of drug-likeness (QED) is 0.636. The van der Waals surface area contributed by atoms with E-state index in [2.05, 4.69) is 15.9 Å². The van der Waals surface area contributed by atoms with E-state index in [1.807, 2.05) is 6.07 Å². The number of hydrogen-bond acceptors (Lipinski definition) is 3. The average molecular weight is 303 g/mol. The van der Waals surface area contributed by atoms with E-state index in [9.17, 15) is 4.79 Å². The minimum Gasteiger partial charge on any atom is -0.462 e. The Balaban J connectivity index is 3.28. The molecule has 3 nitrogen and oxygen atoms in total. The fourth-order valence-corrected chi connectivity index (χ4v) is 2.02. The number of hydrogen-bond donors (Lipinski definition) is 0. The SMILES string of the molecule is CCOC(=O)c1c(Cl)cc(C#N)cc1CBr. The molecule has 0 fully saturated rings. The molecule has 1 rings (SSSR count). The summed E-state index contributed by atoms with van der Waals surface area (Å²) in [6, 6.07) is 5.06. The van der Waals surface area contributed by atoms with Crippen molar-refractivity contribution in [3.8, 4) is 6.07 Å². The maximum Gasteiger partial charge on any atom is 0.339 e. The van der Waals surface area contributed by atoms with Crippen molar-refractivity contribution in [1.82, 2.24) is 0 Å². The van der Waals surface area contributed by atoms with Crippen LogP contribution in [0.15, 0.2) is 12.1 Å². The molecule has 5 heteroatoms. The first-order valence-corrected chi connectivity index (χ1v) is 6.09. The van der Waals surface area contributed by atoms with Crippen LogP contribution in [0.5, 0.6) is 0 Å². The van der Waals surface area contributed by atoms with Gasteiger partial charge in [0.25, 0.3) is 0 Å². The van der Waals surface area contributed by atoms with Crippen LogP contribution in [0.3, 0.4) is 0 Å². The molecule has 0 atom stereocenters. The van der Waals surface area contributed by atoms with E-state index < -0.39 is 5.97 Å². The molecule has 0 spiro atoms. The Morgan fingerprint density at radius 2 is 2.31 bits per heavy atom. The summed E-state index contributed by atoms with van der Waals surface area (Å²) in [4.78, 5) is 11.6.